The summed E-state index contributed by atoms with van der Waals surface area (Å²) in [7, 11) is 1.23. The number of carbonyl (C=O) groups excluding carboxylic acids is 3. The lowest BCUT2D eigenvalue weighted by Crippen LogP contribution is -2.21. The maximum absolute atomic E-state index is 12.3. The zero-order valence-corrected chi connectivity index (χ0v) is 15.0. The summed E-state index contributed by atoms with van der Waals surface area (Å²) < 4.78 is 38.7. The summed E-state index contributed by atoms with van der Waals surface area (Å²) in [5.41, 5.74) is 0.793. The van der Waals surface area contributed by atoms with Gasteiger partial charge in [-0.15, -0.1) is 0 Å². The number of rotatable bonds is 8. The second kappa shape index (κ2) is 9.45. The van der Waals surface area contributed by atoms with Gasteiger partial charge in [0.15, 0.2) is 23.9 Å². The van der Waals surface area contributed by atoms with E-state index >= 15 is 0 Å². The molecule has 9 heteroatoms. The third-order valence-electron chi connectivity index (χ3n) is 3.50. The fourth-order valence-electron chi connectivity index (χ4n) is 2.22. The zero-order valence-electron chi connectivity index (χ0n) is 15.0. The number of nitrogens with one attached hydrogen (secondary N) is 1. The Morgan fingerprint density at radius 2 is 1.79 bits per heavy atom. The minimum absolute atomic E-state index is 0.00940. The highest BCUT2D eigenvalue weighted by atomic mass is 19.3. The van der Waals surface area contributed by atoms with Gasteiger partial charge in [-0.3, -0.25) is 9.59 Å². The van der Waals surface area contributed by atoms with E-state index in [0.717, 1.165) is 12.1 Å². The van der Waals surface area contributed by atoms with E-state index in [1.807, 2.05) is 0 Å². The molecular formula is C19H17F2NO6. The van der Waals surface area contributed by atoms with Crippen LogP contribution in [0.1, 0.15) is 27.6 Å². The molecule has 0 spiro atoms. The average Bonchev–Trinajstić information content (AvgIpc) is 2.66. The van der Waals surface area contributed by atoms with Crippen molar-refractivity contribution in [3.05, 3.63) is 53.6 Å². The smallest absolute Gasteiger partial charge is 0.387 e. The monoisotopic (exact) mass is 393 g/mol. The average molecular weight is 393 g/mol. The quantitative estimate of drug-likeness (QED) is 0.547. The standard InChI is InChI=1S/C19H17F2NO6/c1-11(23)12-4-3-5-14(8-12)22-17(24)10-27-18(25)13-6-7-15(28-19(20)21)16(9-13)26-2/h3-9,19H,10H2,1-2H3,(H,22,24). The van der Waals surface area contributed by atoms with Crippen LogP contribution in [0.5, 0.6) is 11.5 Å². The fraction of sp³-hybridized carbons (Fsp3) is 0.211. The van der Waals surface area contributed by atoms with E-state index in [1.165, 1.54) is 26.2 Å². The number of ether oxygens (including phenoxy) is 3. The number of hydrogen-bond acceptors (Lipinski definition) is 6. The van der Waals surface area contributed by atoms with E-state index in [9.17, 15) is 23.2 Å². The van der Waals surface area contributed by atoms with Gasteiger partial charge in [-0.2, -0.15) is 8.78 Å². The van der Waals surface area contributed by atoms with Crippen molar-refractivity contribution in [2.45, 2.75) is 13.5 Å². The minimum atomic E-state index is -3.04. The summed E-state index contributed by atoms with van der Waals surface area (Å²) in [6.07, 6.45) is 0. The molecule has 0 aliphatic carbocycles. The first-order valence-corrected chi connectivity index (χ1v) is 8.01. The van der Waals surface area contributed by atoms with Crippen molar-refractivity contribution >= 4 is 23.3 Å². The molecule has 0 saturated heterocycles. The molecule has 0 aromatic heterocycles. The number of benzene rings is 2. The first-order chi connectivity index (χ1) is 13.3. The van der Waals surface area contributed by atoms with Crippen molar-refractivity contribution in [1.29, 1.82) is 0 Å². The Bertz CT molecular complexity index is 884. The number of halogens is 2. The van der Waals surface area contributed by atoms with E-state index < -0.39 is 25.1 Å². The van der Waals surface area contributed by atoms with Crippen molar-refractivity contribution in [2.75, 3.05) is 19.0 Å². The van der Waals surface area contributed by atoms with Crippen LogP contribution in [-0.2, 0) is 9.53 Å². The molecule has 2 rings (SSSR count). The van der Waals surface area contributed by atoms with Crippen LogP contribution in [0.3, 0.4) is 0 Å². The number of esters is 1. The lowest BCUT2D eigenvalue weighted by molar-refractivity contribution is -0.119. The summed E-state index contributed by atoms with van der Waals surface area (Å²) in [5.74, 6) is -1.94. The zero-order chi connectivity index (χ0) is 20.7. The van der Waals surface area contributed by atoms with Crippen LogP contribution in [-0.4, -0.2) is 38.0 Å². The molecule has 0 fully saturated rings. The number of methoxy groups -OCH3 is 1. The second-order valence-corrected chi connectivity index (χ2v) is 5.51. The van der Waals surface area contributed by atoms with Crippen molar-refractivity contribution in [3.63, 3.8) is 0 Å². The first kappa shape index (κ1) is 20.8. The normalized spacial score (nSPS) is 10.3. The molecule has 0 unspecified atom stereocenters. The van der Waals surface area contributed by atoms with E-state index in [1.54, 1.807) is 18.2 Å². The van der Waals surface area contributed by atoms with Crippen molar-refractivity contribution in [3.8, 4) is 11.5 Å². The van der Waals surface area contributed by atoms with Gasteiger partial charge >= 0.3 is 12.6 Å². The molecule has 0 atom stereocenters. The molecule has 0 saturated carbocycles. The van der Waals surface area contributed by atoms with Gasteiger partial charge in [0.1, 0.15) is 0 Å². The van der Waals surface area contributed by atoms with Crippen LogP contribution < -0.4 is 14.8 Å². The van der Waals surface area contributed by atoms with E-state index in [-0.39, 0.29) is 22.8 Å². The molecule has 0 aliphatic heterocycles. The van der Waals surface area contributed by atoms with Crippen LogP contribution in [0.25, 0.3) is 0 Å². The molecule has 2 aromatic rings. The lowest BCUT2D eigenvalue weighted by atomic mass is 10.1. The summed E-state index contributed by atoms with van der Waals surface area (Å²) in [5, 5.41) is 2.50. The molecule has 0 heterocycles. The number of alkyl halides is 2. The Morgan fingerprint density at radius 1 is 1.04 bits per heavy atom. The summed E-state index contributed by atoms with van der Waals surface area (Å²) in [6.45, 7) is -2.23. The Morgan fingerprint density at radius 3 is 2.43 bits per heavy atom. The van der Waals surface area contributed by atoms with Crippen LogP contribution >= 0.6 is 0 Å². The van der Waals surface area contributed by atoms with Crippen LogP contribution in [0.15, 0.2) is 42.5 Å². The van der Waals surface area contributed by atoms with Crippen molar-refractivity contribution < 1.29 is 37.4 Å². The lowest BCUT2D eigenvalue weighted by Gasteiger charge is -2.11. The number of ketones is 1. The molecule has 148 valence electrons. The van der Waals surface area contributed by atoms with Gasteiger partial charge in [0, 0.05) is 11.3 Å². The van der Waals surface area contributed by atoms with E-state index in [2.05, 4.69) is 10.1 Å². The second-order valence-electron chi connectivity index (χ2n) is 5.51. The predicted octanol–water partition coefficient (Wildman–Crippen LogP) is 3.29. The molecule has 1 amide bonds. The van der Waals surface area contributed by atoms with Gasteiger partial charge in [0.2, 0.25) is 0 Å². The third kappa shape index (κ3) is 5.76. The summed E-state index contributed by atoms with van der Waals surface area (Å²) in [4.78, 5) is 35.3. The van der Waals surface area contributed by atoms with Crippen LogP contribution in [0.2, 0.25) is 0 Å². The maximum Gasteiger partial charge on any atom is 0.387 e. The molecule has 0 radical (unpaired) electrons. The van der Waals surface area contributed by atoms with Gasteiger partial charge in [0.05, 0.1) is 12.7 Å². The Hall–Kier alpha value is -3.49. The number of carbonyl (C=O) groups is 3. The highest BCUT2D eigenvalue weighted by Gasteiger charge is 2.16. The summed E-state index contributed by atoms with van der Waals surface area (Å²) in [6, 6.07) is 9.79. The van der Waals surface area contributed by atoms with Gasteiger partial charge < -0.3 is 19.5 Å². The van der Waals surface area contributed by atoms with E-state index in [0.29, 0.717) is 11.3 Å². The molecule has 2 aromatic carbocycles. The van der Waals surface area contributed by atoms with Gasteiger partial charge in [-0.05, 0) is 37.3 Å². The molecule has 28 heavy (non-hydrogen) atoms. The topological polar surface area (TPSA) is 90.9 Å². The van der Waals surface area contributed by atoms with Gasteiger partial charge in [0.25, 0.3) is 5.91 Å². The number of Topliss-reactive ketones (excluding diaryl/α,β-unsaturated/α-hetero) is 1. The predicted molar refractivity (Wildman–Crippen MR) is 95.0 cm³/mol. The molecule has 1 N–H and O–H groups in total. The summed E-state index contributed by atoms with van der Waals surface area (Å²) >= 11 is 0. The number of hydrogen-bond donors (Lipinski definition) is 1. The van der Waals surface area contributed by atoms with Crippen LogP contribution in [0, 0.1) is 0 Å². The highest BCUT2D eigenvalue weighted by molar-refractivity contribution is 5.98. The van der Waals surface area contributed by atoms with Gasteiger partial charge in [-0.1, -0.05) is 12.1 Å². The Balaban J connectivity index is 1.97. The van der Waals surface area contributed by atoms with E-state index in [4.69, 9.17) is 9.47 Å². The van der Waals surface area contributed by atoms with Crippen molar-refractivity contribution in [2.24, 2.45) is 0 Å². The first-order valence-electron chi connectivity index (χ1n) is 8.01. The molecular weight excluding hydrogens is 376 g/mol. The Kier molecular flexibility index (Phi) is 7.02. The Labute approximate surface area is 159 Å². The largest absolute Gasteiger partial charge is 0.493 e. The molecule has 0 aliphatic rings. The minimum Gasteiger partial charge on any atom is -0.493 e. The molecule has 0 bridgehead atoms. The molecule has 7 nitrogen and oxygen atoms in total. The van der Waals surface area contributed by atoms with Crippen LogP contribution in [0.4, 0.5) is 14.5 Å². The fourth-order valence-corrected chi connectivity index (χ4v) is 2.22. The highest BCUT2D eigenvalue weighted by Crippen LogP contribution is 2.29. The maximum atomic E-state index is 12.3. The number of anilines is 1. The van der Waals surface area contributed by atoms with Crippen molar-refractivity contribution in [1.82, 2.24) is 0 Å². The number of amides is 1. The third-order valence-corrected chi connectivity index (χ3v) is 3.50. The van der Waals surface area contributed by atoms with Gasteiger partial charge in [-0.25, -0.2) is 4.79 Å². The SMILES string of the molecule is COc1cc(C(=O)OCC(=O)Nc2cccc(C(C)=O)c2)ccc1OC(F)F.